The van der Waals surface area contributed by atoms with Gasteiger partial charge in [0, 0.05) is 37.5 Å². The standard InChI is InChI=1S/C26H33FN4O3/c1-16(2)15-28-24(32)18-9-11-31(12-10-18)26(34)21-13-17(7-8-22(21)27)14-23-19-5-3-4-6-20(19)25(33)30-29-23/h7-8,13,16,18H,3-6,9-12,14-15H2,1-2H3,(H,28,32)(H,30,33). The fraction of sp³-hybridized carbons (Fsp3) is 0.538. The van der Waals surface area contributed by atoms with E-state index >= 15 is 0 Å². The van der Waals surface area contributed by atoms with Crippen molar-refractivity contribution in [2.24, 2.45) is 11.8 Å². The topological polar surface area (TPSA) is 95.2 Å². The number of aromatic nitrogens is 2. The summed E-state index contributed by atoms with van der Waals surface area (Å²) in [6.45, 7) is 5.59. The van der Waals surface area contributed by atoms with Gasteiger partial charge in [-0.25, -0.2) is 9.49 Å². The van der Waals surface area contributed by atoms with Crippen LogP contribution in [0, 0.1) is 17.7 Å². The quantitative estimate of drug-likeness (QED) is 0.681. The highest BCUT2D eigenvalue weighted by molar-refractivity contribution is 5.95. The van der Waals surface area contributed by atoms with Crippen LogP contribution in [0.1, 0.15) is 72.3 Å². The van der Waals surface area contributed by atoms with Crippen molar-refractivity contribution in [3.05, 3.63) is 62.3 Å². The van der Waals surface area contributed by atoms with Crippen LogP contribution in [-0.2, 0) is 24.1 Å². The number of carbonyl (C=O) groups is 2. The maximum absolute atomic E-state index is 14.6. The van der Waals surface area contributed by atoms with Crippen LogP contribution in [0.2, 0.25) is 0 Å². The molecule has 0 radical (unpaired) electrons. The molecular formula is C26H33FN4O3. The van der Waals surface area contributed by atoms with Gasteiger partial charge in [0.2, 0.25) is 5.91 Å². The molecule has 1 fully saturated rings. The predicted octanol–water partition coefficient (Wildman–Crippen LogP) is 3.00. The summed E-state index contributed by atoms with van der Waals surface area (Å²) in [7, 11) is 0. The Morgan fingerprint density at radius 1 is 1.18 bits per heavy atom. The number of piperidine rings is 1. The molecule has 0 atom stereocenters. The Balaban J connectivity index is 1.44. The lowest BCUT2D eigenvalue weighted by Crippen LogP contribution is -2.43. The third-order valence-electron chi connectivity index (χ3n) is 6.85. The molecule has 1 aromatic heterocycles. The highest BCUT2D eigenvalue weighted by Gasteiger charge is 2.29. The van der Waals surface area contributed by atoms with E-state index in [4.69, 9.17) is 0 Å². The molecule has 7 nitrogen and oxygen atoms in total. The van der Waals surface area contributed by atoms with Crippen molar-refractivity contribution in [2.75, 3.05) is 19.6 Å². The number of nitrogens with zero attached hydrogens (tertiary/aromatic N) is 2. The first-order valence-corrected chi connectivity index (χ1v) is 12.3. The van der Waals surface area contributed by atoms with Crippen LogP contribution in [0.4, 0.5) is 4.39 Å². The van der Waals surface area contributed by atoms with Gasteiger partial charge in [-0.2, -0.15) is 5.10 Å². The Morgan fingerprint density at radius 2 is 1.88 bits per heavy atom. The summed E-state index contributed by atoms with van der Waals surface area (Å²) in [6, 6.07) is 4.59. The lowest BCUT2D eigenvalue weighted by Gasteiger charge is -2.31. The van der Waals surface area contributed by atoms with Crippen LogP contribution in [-0.4, -0.2) is 46.5 Å². The number of benzene rings is 1. The van der Waals surface area contributed by atoms with Crippen molar-refractivity contribution in [1.82, 2.24) is 20.4 Å². The van der Waals surface area contributed by atoms with Gasteiger partial charge in [-0.05, 0) is 67.7 Å². The van der Waals surface area contributed by atoms with E-state index < -0.39 is 5.82 Å². The number of amides is 2. The van der Waals surface area contributed by atoms with Gasteiger partial charge in [-0.1, -0.05) is 19.9 Å². The Labute approximate surface area is 199 Å². The molecule has 1 aliphatic carbocycles. The Kier molecular flexibility index (Phi) is 7.44. The molecule has 4 rings (SSSR count). The Hall–Kier alpha value is -3.03. The average molecular weight is 469 g/mol. The van der Waals surface area contributed by atoms with Crippen molar-refractivity contribution in [3.8, 4) is 0 Å². The second-order valence-electron chi connectivity index (χ2n) is 9.86. The first-order valence-electron chi connectivity index (χ1n) is 12.3. The summed E-state index contributed by atoms with van der Waals surface area (Å²) < 4.78 is 14.6. The molecular weight excluding hydrogens is 435 g/mol. The predicted molar refractivity (Wildman–Crippen MR) is 127 cm³/mol. The number of aromatic amines is 1. The molecule has 2 aromatic rings. The molecule has 182 valence electrons. The van der Waals surface area contributed by atoms with E-state index in [0.717, 1.165) is 48.1 Å². The smallest absolute Gasteiger partial charge is 0.267 e. The van der Waals surface area contributed by atoms with Crippen LogP contribution < -0.4 is 10.9 Å². The molecule has 0 spiro atoms. The number of nitrogens with one attached hydrogen (secondary N) is 2. The van der Waals surface area contributed by atoms with Gasteiger partial charge in [0.1, 0.15) is 5.82 Å². The van der Waals surface area contributed by atoms with Crippen molar-refractivity contribution in [1.29, 1.82) is 0 Å². The van der Waals surface area contributed by atoms with Gasteiger partial charge in [0.15, 0.2) is 0 Å². The van der Waals surface area contributed by atoms with E-state index in [9.17, 15) is 18.8 Å². The molecule has 2 heterocycles. The maximum atomic E-state index is 14.6. The highest BCUT2D eigenvalue weighted by atomic mass is 19.1. The number of H-pyrrole nitrogens is 1. The van der Waals surface area contributed by atoms with Crippen molar-refractivity contribution >= 4 is 11.8 Å². The zero-order valence-corrected chi connectivity index (χ0v) is 20.0. The van der Waals surface area contributed by atoms with Gasteiger partial charge in [-0.15, -0.1) is 0 Å². The summed E-state index contributed by atoms with van der Waals surface area (Å²) in [5.41, 5.74) is 3.26. The van der Waals surface area contributed by atoms with Crippen LogP contribution in [0.25, 0.3) is 0 Å². The van der Waals surface area contributed by atoms with Crippen molar-refractivity contribution in [2.45, 2.75) is 58.8 Å². The van der Waals surface area contributed by atoms with Crippen molar-refractivity contribution < 1.29 is 14.0 Å². The zero-order chi connectivity index (χ0) is 24.2. The van der Waals surface area contributed by atoms with Gasteiger partial charge in [0.25, 0.3) is 11.5 Å². The molecule has 2 N–H and O–H groups in total. The lowest BCUT2D eigenvalue weighted by molar-refractivity contribution is -0.126. The van der Waals surface area contributed by atoms with Gasteiger partial charge < -0.3 is 10.2 Å². The molecule has 34 heavy (non-hydrogen) atoms. The third kappa shape index (κ3) is 5.37. The number of carbonyl (C=O) groups excluding carboxylic acids is 2. The van der Waals surface area contributed by atoms with E-state index in [1.165, 1.54) is 6.07 Å². The Bertz CT molecular complexity index is 1120. The molecule has 2 aliphatic rings. The van der Waals surface area contributed by atoms with E-state index in [-0.39, 0.29) is 28.9 Å². The summed E-state index contributed by atoms with van der Waals surface area (Å²) in [6.07, 6.45) is 5.15. The van der Waals surface area contributed by atoms with Gasteiger partial charge in [0.05, 0.1) is 11.3 Å². The summed E-state index contributed by atoms with van der Waals surface area (Å²) in [4.78, 5) is 39.2. The number of hydrogen-bond donors (Lipinski definition) is 2. The first kappa shape index (κ1) is 24.1. The summed E-state index contributed by atoms with van der Waals surface area (Å²) in [5.74, 6) is -0.598. The minimum absolute atomic E-state index is 0.0331. The number of likely N-dealkylation sites (tertiary alicyclic amines) is 1. The second-order valence-corrected chi connectivity index (χ2v) is 9.86. The van der Waals surface area contributed by atoms with E-state index in [2.05, 4.69) is 15.5 Å². The average Bonchev–Trinajstić information content (AvgIpc) is 2.85. The van der Waals surface area contributed by atoms with Crippen LogP contribution in [0.15, 0.2) is 23.0 Å². The van der Waals surface area contributed by atoms with E-state index in [0.29, 0.717) is 44.8 Å². The Morgan fingerprint density at radius 3 is 2.59 bits per heavy atom. The second kappa shape index (κ2) is 10.5. The maximum Gasteiger partial charge on any atom is 0.267 e. The molecule has 1 aliphatic heterocycles. The number of halogens is 1. The fourth-order valence-corrected chi connectivity index (χ4v) is 4.88. The van der Waals surface area contributed by atoms with Crippen molar-refractivity contribution in [3.63, 3.8) is 0 Å². The monoisotopic (exact) mass is 468 g/mol. The van der Waals surface area contributed by atoms with Crippen LogP contribution in [0.5, 0.6) is 0 Å². The van der Waals surface area contributed by atoms with Gasteiger partial charge in [-0.3, -0.25) is 14.4 Å². The molecule has 0 saturated carbocycles. The highest BCUT2D eigenvalue weighted by Crippen LogP contribution is 2.24. The van der Waals surface area contributed by atoms with Crippen LogP contribution >= 0.6 is 0 Å². The van der Waals surface area contributed by atoms with E-state index in [1.807, 2.05) is 13.8 Å². The molecule has 0 bridgehead atoms. The summed E-state index contributed by atoms with van der Waals surface area (Å²) in [5, 5.41) is 9.81. The zero-order valence-electron chi connectivity index (χ0n) is 20.0. The number of hydrogen-bond acceptors (Lipinski definition) is 4. The minimum Gasteiger partial charge on any atom is -0.356 e. The first-order chi connectivity index (χ1) is 16.3. The number of fused-ring (bicyclic) bond motifs is 1. The largest absolute Gasteiger partial charge is 0.356 e. The van der Waals surface area contributed by atoms with E-state index in [1.54, 1.807) is 17.0 Å². The number of rotatable bonds is 6. The minimum atomic E-state index is -0.554. The molecule has 0 unspecified atom stereocenters. The molecule has 8 heteroatoms. The molecule has 2 amide bonds. The fourth-order valence-electron chi connectivity index (χ4n) is 4.88. The summed E-state index contributed by atoms with van der Waals surface area (Å²) >= 11 is 0. The lowest BCUT2D eigenvalue weighted by atomic mass is 9.90. The normalized spacial score (nSPS) is 16.4. The molecule has 1 aromatic carbocycles. The molecule has 1 saturated heterocycles. The van der Waals surface area contributed by atoms with Gasteiger partial charge >= 0.3 is 0 Å². The van der Waals surface area contributed by atoms with Crippen LogP contribution in [0.3, 0.4) is 0 Å². The SMILES string of the molecule is CC(C)CNC(=O)C1CCN(C(=O)c2cc(Cc3n[nH]c(=O)c4c3CCCC4)ccc2F)CC1. The third-order valence-corrected chi connectivity index (χ3v) is 6.85.